The van der Waals surface area contributed by atoms with Gasteiger partial charge in [0, 0.05) is 19.0 Å². The maximum Gasteiger partial charge on any atom is 0.249 e. The lowest BCUT2D eigenvalue weighted by Crippen LogP contribution is -2.44. The topological polar surface area (TPSA) is 58.6 Å². The van der Waals surface area contributed by atoms with Gasteiger partial charge in [-0.05, 0) is 18.6 Å². The number of nitrogens with one attached hydrogen (secondary N) is 1. The monoisotopic (exact) mass is 280 g/mol. The number of hydrogen-bond donors (Lipinski definition) is 1. The molecule has 1 N–H and O–H groups in total. The van der Waals surface area contributed by atoms with Gasteiger partial charge in [0.25, 0.3) is 0 Å². The molecule has 0 saturated carbocycles. The smallest absolute Gasteiger partial charge is 0.249 e. The van der Waals surface area contributed by atoms with Gasteiger partial charge in [0.05, 0.1) is 12.8 Å². The number of methoxy groups -OCH3 is 1. The zero-order chi connectivity index (χ0) is 14.7. The number of nitrogens with zero attached hydrogens (tertiary/aromatic N) is 1. The summed E-state index contributed by atoms with van der Waals surface area (Å²) in [6, 6.07) is 3.43. The van der Waals surface area contributed by atoms with Gasteiger partial charge in [0.1, 0.15) is 17.6 Å². The van der Waals surface area contributed by atoms with Gasteiger partial charge >= 0.3 is 0 Å². The van der Waals surface area contributed by atoms with Crippen molar-refractivity contribution < 1.29 is 18.7 Å². The first-order valence-corrected chi connectivity index (χ1v) is 6.51. The summed E-state index contributed by atoms with van der Waals surface area (Å²) in [6.45, 7) is 2.08. The minimum absolute atomic E-state index is 0.159. The Hall–Kier alpha value is -2.11. The van der Waals surface area contributed by atoms with Gasteiger partial charge in [0.2, 0.25) is 11.8 Å². The van der Waals surface area contributed by atoms with Gasteiger partial charge in [0.15, 0.2) is 0 Å². The molecule has 1 saturated heterocycles. The Morgan fingerprint density at radius 1 is 1.45 bits per heavy atom. The molecule has 0 spiro atoms. The Kier molecular flexibility index (Phi) is 4.22. The van der Waals surface area contributed by atoms with E-state index >= 15 is 0 Å². The van der Waals surface area contributed by atoms with Crippen LogP contribution in [0.25, 0.3) is 0 Å². The second kappa shape index (κ2) is 5.90. The normalized spacial score (nSPS) is 19.6. The highest BCUT2D eigenvalue weighted by molar-refractivity contribution is 6.02. The van der Waals surface area contributed by atoms with Crippen LogP contribution in [0, 0.1) is 5.82 Å². The van der Waals surface area contributed by atoms with Crippen LogP contribution in [0.4, 0.5) is 10.1 Å². The van der Waals surface area contributed by atoms with Crippen molar-refractivity contribution in [1.29, 1.82) is 0 Å². The van der Waals surface area contributed by atoms with Crippen LogP contribution in [0.1, 0.15) is 19.8 Å². The zero-order valence-electron chi connectivity index (χ0n) is 11.5. The Balaban J connectivity index is 2.39. The molecule has 0 aromatic heterocycles. The SMILES string of the molecule is CCC1NC(=O)CCN(c2ccc(F)cc2OC)C1=O. The lowest BCUT2D eigenvalue weighted by Gasteiger charge is -2.25. The number of carbonyl (C=O) groups is 2. The Labute approximate surface area is 116 Å². The molecular formula is C14H17FN2O3. The summed E-state index contributed by atoms with van der Waals surface area (Å²) in [7, 11) is 1.42. The zero-order valence-corrected chi connectivity index (χ0v) is 11.5. The number of anilines is 1. The first-order chi connectivity index (χ1) is 9.56. The van der Waals surface area contributed by atoms with Crippen LogP contribution in [0.15, 0.2) is 18.2 Å². The Bertz CT molecular complexity index is 533. The molecular weight excluding hydrogens is 263 g/mol. The van der Waals surface area contributed by atoms with Crippen LogP contribution >= 0.6 is 0 Å². The van der Waals surface area contributed by atoms with E-state index in [1.807, 2.05) is 6.92 Å². The number of hydrogen-bond acceptors (Lipinski definition) is 3. The molecule has 6 heteroatoms. The highest BCUT2D eigenvalue weighted by Gasteiger charge is 2.30. The largest absolute Gasteiger partial charge is 0.494 e. The fourth-order valence-corrected chi connectivity index (χ4v) is 2.23. The van der Waals surface area contributed by atoms with E-state index in [4.69, 9.17) is 4.74 Å². The lowest BCUT2D eigenvalue weighted by molar-refractivity contribution is -0.125. The van der Waals surface area contributed by atoms with Crippen molar-refractivity contribution in [2.75, 3.05) is 18.6 Å². The molecule has 1 atom stereocenters. The minimum atomic E-state index is -0.556. The molecule has 2 amide bonds. The van der Waals surface area contributed by atoms with Gasteiger partial charge in [-0.15, -0.1) is 0 Å². The molecule has 1 aliphatic heterocycles. The summed E-state index contributed by atoms with van der Waals surface area (Å²) in [5.74, 6) is -0.520. The molecule has 2 rings (SSSR count). The van der Waals surface area contributed by atoms with Gasteiger partial charge < -0.3 is 15.0 Å². The van der Waals surface area contributed by atoms with Crippen molar-refractivity contribution in [3.8, 4) is 5.75 Å². The molecule has 0 aliphatic carbocycles. The van der Waals surface area contributed by atoms with E-state index in [2.05, 4.69) is 5.32 Å². The third kappa shape index (κ3) is 2.74. The van der Waals surface area contributed by atoms with Crippen LogP contribution in [-0.2, 0) is 9.59 Å². The van der Waals surface area contributed by atoms with Gasteiger partial charge in [-0.2, -0.15) is 0 Å². The number of amides is 2. The van der Waals surface area contributed by atoms with Crippen molar-refractivity contribution in [1.82, 2.24) is 5.32 Å². The Morgan fingerprint density at radius 3 is 2.85 bits per heavy atom. The molecule has 20 heavy (non-hydrogen) atoms. The van der Waals surface area contributed by atoms with E-state index in [0.29, 0.717) is 12.1 Å². The maximum atomic E-state index is 13.2. The van der Waals surface area contributed by atoms with Gasteiger partial charge in [-0.1, -0.05) is 6.92 Å². The van der Waals surface area contributed by atoms with Crippen LogP contribution in [0.3, 0.4) is 0 Å². The fraction of sp³-hybridized carbons (Fsp3) is 0.429. The molecule has 5 nitrogen and oxygen atoms in total. The molecule has 0 bridgehead atoms. The van der Waals surface area contributed by atoms with E-state index in [1.165, 1.54) is 30.2 Å². The molecule has 108 valence electrons. The van der Waals surface area contributed by atoms with E-state index < -0.39 is 11.9 Å². The standard InChI is InChI=1S/C14H17FN2O3/c1-3-10-14(19)17(7-6-13(18)16-10)11-5-4-9(15)8-12(11)20-2/h4-5,8,10H,3,6-7H2,1-2H3,(H,16,18). The summed E-state index contributed by atoms with van der Waals surface area (Å²) in [5.41, 5.74) is 0.480. The lowest BCUT2D eigenvalue weighted by atomic mass is 10.1. The number of halogens is 1. The van der Waals surface area contributed by atoms with Crippen molar-refractivity contribution >= 4 is 17.5 Å². The molecule has 0 radical (unpaired) electrons. The molecule has 1 aliphatic rings. The van der Waals surface area contributed by atoms with Crippen LogP contribution in [0.2, 0.25) is 0 Å². The third-order valence-corrected chi connectivity index (χ3v) is 3.30. The van der Waals surface area contributed by atoms with Crippen LogP contribution < -0.4 is 15.0 Å². The first-order valence-electron chi connectivity index (χ1n) is 6.51. The second-order valence-corrected chi connectivity index (χ2v) is 4.58. The van der Waals surface area contributed by atoms with Crippen molar-refractivity contribution in [2.24, 2.45) is 0 Å². The third-order valence-electron chi connectivity index (χ3n) is 3.30. The van der Waals surface area contributed by atoms with E-state index in [9.17, 15) is 14.0 Å². The molecule has 1 fully saturated rings. The molecule has 1 heterocycles. The second-order valence-electron chi connectivity index (χ2n) is 4.58. The van der Waals surface area contributed by atoms with Crippen molar-refractivity contribution in [2.45, 2.75) is 25.8 Å². The summed E-state index contributed by atoms with van der Waals surface area (Å²) < 4.78 is 18.4. The number of ether oxygens (including phenoxy) is 1. The number of benzene rings is 1. The summed E-state index contributed by atoms with van der Waals surface area (Å²) >= 11 is 0. The average molecular weight is 280 g/mol. The predicted octanol–water partition coefficient (Wildman–Crippen LogP) is 1.47. The van der Waals surface area contributed by atoms with Crippen LogP contribution in [-0.4, -0.2) is 31.5 Å². The number of rotatable bonds is 3. The van der Waals surface area contributed by atoms with E-state index in [-0.39, 0.29) is 30.5 Å². The minimum Gasteiger partial charge on any atom is -0.494 e. The molecule has 1 aromatic carbocycles. The fourth-order valence-electron chi connectivity index (χ4n) is 2.23. The Morgan fingerprint density at radius 2 is 2.20 bits per heavy atom. The first kappa shape index (κ1) is 14.3. The molecule has 1 unspecified atom stereocenters. The highest BCUT2D eigenvalue weighted by Crippen LogP contribution is 2.30. The van der Waals surface area contributed by atoms with E-state index in [1.54, 1.807) is 0 Å². The maximum absolute atomic E-state index is 13.2. The highest BCUT2D eigenvalue weighted by atomic mass is 19.1. The van der Waals surface area contributed by atoms with Gasteiger partial charge in [-0.3, -0.25) is 9.59 Å². The quantitative estimate of drug-likeness (QED) is 0.912. The van der Waals surface area contributed by atoms with E-state index in [0.717, 1.165) is 0 Å². The summed E-state index contributed by atoms with van der Waals surface area (Å²) in [6.07, 6.45) is 0.716. The summed E-state index contributed by atoms with van der Waals surface area (Å²) in [5, 5.41) is 2.68. The average Bonchev–Trinajstić information content (AvgIpc) is 2.58. The van der Waals surface area contributed by atoms with Crippen LogP contribution in [0.5, 0.6) is 5.75 Å². The van der Waals surface area contributed by atoms with Gasteiger partial charge in [-0.25, -0.2) is 4.39 Å². The van der Waals surface area contributed by atoms with Crippen molar-refractivity contribution in [3.05, 3.63) is 24.0 Å². The predicted molar refractivity (Wildman–Crippen MR) is 72.1 cm³/mol. The molecule has 1 aromatic rings. The number of carbonyl (C=O) groups excluding carboxylic acids is 2. The van der Waals surface area contributed by atoms with Crippen molar-refractivity contribution in [3.63, 3.8) is 0 Å². The summed E-state index contributed by atoms with van der Waals surface area (Å²) in [4.78, 5) is 25.5.